The average Bonchev–Trinajstić information content (AvgIpc) is 2.78. The Labute approximate surface area is 98.0 Å². The number of hydrogen-bond donors (Lipinski definition) is 2. The van der Waals surface area contributed by atoms with Crippen molar-refractivity contribution in [3.8, 4) is 0 Å². The highest BCUT2D eigenvalue weighted by atomic mass is 16.2. The lowest BCUT2D eigenvalue weighted by Crippen LogP contribution is -2.47. The highest BCUT2D eigenvalue weighted by molar-refractivity contribution is 6.39. The summed E-state index contributed by atoms with van der Waals surface area (Å²) in [5, 5.41) is 3.72. The van der Waals surface area contributed by atoms with Crippen LogP contribution < -0.4 is 11.2 Å². The molecule has 0 bridgehead atoms. The molecule has 7 heteroatoms. The average molecular weight is 238 g/mol. The maximum atomic E-state index is 12.1. The smallest absolute Gasteiger partial charge is 0.270 e. The lowest BCUT2D eigenvalue weighted by Gasteiger charge is -2.23. The van der Waals surface area contributed by atoms with Gasteiger partial charge in [0.05, 0.1) is 0 Å². The van der Waals surface area contributed by atoms with Gasteiger partial charge in [-0.15, -0.1) is 0 Å². The zero-order valence-corrected chi connectivity index (χ0v) is 9.31. The van der Waals surface area contributed by atoms with E-state index in [2.05, 4.69) is 10.5 Å². The fourth-order valence-electron chi connectivity index (χ4n) is 2.10. The van der Waals surface area contributed by atoms with E-state index in [1.165, 1.54) is 4.90 Å². The molecule has 92 valence electrons. The number of primary amides is 1. The van der Waals surface area contributed by atoms with Gasteiger partial charge < -0.3 is 10.6 Å². The standard InChI is InChI=1S/C10H14N4O3/c11-9(16)7-2-1-5-14(7)10(17)6-3-4-8(15)13-12-6/h7H,1-5H2,(H2,11,16)(H,13,15). The van der Waals surface area contributed by atoms with Crippen molar-refractivity contribution in [1.29, 1.82) is 0 Å². The number of rotatable bonds is 2. The van der Waals surface area contributed by atoms with E-state index in [9.17, 15) is 14.4 Å². The Morgan fingerprint density at radius 3 is 2.76 bits per heavy atom. The summed E-state index contributed by atoms with van der Waals surface area (Å²) in [6.07, 6.45) is 1.92. The highest BCUT2D eigenvalue weighted by Crippen LogP contribution is 2.18. The Balaban J connectivity index is 2.09. The van der Waals surface area contributed by atoms with Crippen LogP contribution in [0.25, 0.3) is 0 Å². The maximum absolute atomic E-state index is 12.1. The summed E-state index contributed by atoms with van der Waals surface area (Å²) in [7, 11) is 0. The van der Waals surface area contributed by atoms with Crippen molar-refractivity contribution < 1.29 is 14.4 Å². The van der Waals surface area contributed by atoms with Gasteiger partial charge >= 0.3 is 0 Å². The van der Waals surface area contributed by atoms with E-state index in [1.807, 2.05) is 0 Å². The van der Waals surface area contributed by atoms with Gasteiger partial charge in [-0.05, 0) is 12.8 Å². The molecule has 2 rings (SSSR count). The largest absolute Gasteiger partial charge is 0.368 e. The van der Waals surface area contributed by atoms with Gasteiger partial charge in [0.25, 0.3) is 5.91 Å². The fraction of sp³-hybridized carbons (Fsp3) is 0.600. The van der Waals surface area contributed by atoms with Gasteiger partial charge in [0.2, 0.25) is 11.8 Å². The van der Waals surface area contributed by atoms with Crippen LogP contribution in [-0.4, -0.2) is 40.9 Å². The van der Waals surface area contributed by atoms with Crippen LogP contribution in [0.4, 0.5) is 0 Å². The van der Waals surface area contributed by atoms with Gasteiger partial charge in [-0.25, -0.2) is 5.43 Å². The zero-order chi connectivity index (χ0) is 12.4. The number of carbonyl (C=O) groups excluding carboxylic acids is 3. The second-order valence-corrected chi connectivity index (χ2v) is 4.15. The Morgan fingerprint density at radius 1 is 1.41 bits per heavy atom. The number of carbonyl (C=O) groups is 3. The second kappa shape index (κ2) is 4.52. The van der Waals surface area contributed by atoms with Crippen molar-refractivity contribution in [2.45, 2.75) is 31.7 Å². The van der Waals surface area contributed by atoms with E-state index in [-0.39, 0.29) is 23.9 Å². The molecule has 0 aromatic heterocycles. The summed E-state index contributed by atoms with van der Waals surface area (Å²) in [5.74, 6) is -0.989. The third-order valence-electron chi connectivity index (χ3n) is 2.99. The Bertz CT molecular complexity index is 404. The van der Waals surface area contributed by atoms with Crippen molar-refractivity contribution in [3.05, 3.63) is 0 Å². The van der Waals surface area contributed by atoms with Gasteiger partial charge in [-0.3, -0.25) is 14.4 Å². The second-order valence-electron chi connectivity index (χ2n) is 4.15. The number of amides is 3. The molecular formula is C10H14N4O3. The molecule has 3 amide bonds. The molecule has 0 saturated carbocycles. The summed E-state index contributed by atoms with van der Waals surface area (Å²) in [5.41, 5.74) is 7.79. The minimum absolute atomic E-state index is 0.200. The van der Waals surface area contributed by atoms with E-state index in [0.717, 1.165) is 6.42 Å². The van der Waals surface area contributed by atoms with Crippen LogP contribution >= 0.6 is 0 Å². The summed E-state index contributed by atoms with van der Waals surface area (Å²) in [4.78, 5) is 35.6. The maximum Gasteiger partial charge on any atom is 0.270 e. The summed E-state index contributed by atoms with van der Waals surface area (Å²) in [6.45, 7) is 0.513. The van der Waals surface area contributed by atoms with E-state index < -0.39 is 11.9 Å². The molecule has 2 aliphatic heterocycles. The van der Waals surface area contributed by atoms with Crippen LogP contribution in [0.3, 0.4) is 0 Å². The molecule has 2 aliphatic rings. The van der Waals surface area contributed by atoms with Crippen molar-refractivity contribution in [2.75, 3.05) is 6.54 Å². The van der Waals surface area contributed by atoms with Crippen LogP contribution in [0.2, 0.25) is 0 Å². The zero-order valence-electron chi connectivity index (χ0n) is 9.31. The molecule has 2 heterocycles. The molecule has 7 nitrogen and oxygen atoms in total. The third kappa shape index (κ3) is 2.27. The Morgan fingerprint density at radius 2 is 2.18 bits per heavy atom. The highest BCUT2D eigenvalue weighted by Gasteiger charge is 2.35. The first-order valence-electron chi connectivity index (χ1n) is 5.55. The van der Waals surface area contributed by atoms with Gasteiger partial charge in [0, 0.05) is 19.4 Å². The molecule has 1 atom stereocenters. The van der Waals surface area contributed by atoms with Crippen molar-refractivity contribution in [1.82, 2.24) is 10.3 Å². The first kappa shape index (κ1) is 11.6. The molecular weight excluding hydrogens is 224 g/mol. The van der Waals surface area contributed by atoms with Crippen LogP contribution in [0.1, 0.15) is 25.7 Å². The van der Waals surface area contributed by atoms with Crippen molar-refractivity contribution >= 4 is 23.4 Å². The monoisotopic (exact) mass is 238 g/mol. The van der Waals surface area contributed by atoms with Gasteiger partial charge in [0.15, 0.2) is 0 Å². The third-order valence-corrected chi connectivity index (χ3v) is 2.99. The number of nitrogens with zero attached hydrogens (tertiary/aromatic N) is 2. The molecule has 0 spiro atoms. The lowest BCUT2D eigenvalue weighted by atomic mass is 10.1. The van der Waals surface area contributed by atoms with E-state index in [1.54, 1.807) is 0 Å². The summed E-state index contributed by atoms with van der Waals surface area (Å²) < 4.78 is 0. The normalized spacial score (nSPS) is 24.2. The number of likely N-dealkylation sites (tertiary alicyclic amines) is 1. The molecule has 0 aromatic carbocycles. The van der Waals surface area contributed by atoms with Gasteiger partial charge in [0.1, 0.15) is 11.8 Å². The molecule has 1 unspecified atom stereocenters. The van der Waals surface area contributed by atoms with Crippen molar-refractivity contribution in [3.63, 3.8) is 0 Å². The van der Waals surface area contributed by atoms with Crippen LogP contribution in [0.15, 0.2) is 5.10 Å². The van der Waals surface area contributed by atoms with Crippen LogP contribution in [-0.2, 0) is 14.4 Å². The number of nitrogens with two attached hydrogens (primary N) is 1. The molecule has 0 radical (unpaired) electrons. The SMILES string of the molecule is NC(=O)C1CCCN1C(=O)C1=NNC(=O)CC1. The summed E-state index contributed by atoms with van der Waals surface area (Å²) >= 11 is 0. The molecule has 1 fully saturated rings. The predicted octanol–water partition coefficient (Wildman–Crippen LogP) is -1.27. The lowest BCUT2D eigenvalue weighted by molar-refractivity contribution is -0.132. The van der Waals surface area contributed by atoms with E-state index in [0.29, 0.717) is 19.4 Å². The minimum Gasteiger partial charge on any atom is -0.368 e. The summed E-state index contributed by atoms with van der Waals surface area (Å²) in [6, 6.07) is -0.539. The molecule has 1 saturated heterocycles. The first-order valence-corrected chi connectivity index (χ1v) is 5.55. The van der Waals surface area contributed by atoms with Gasteiger partial charge in [-0.1, -0.05) is 0 Å². The van der Waals surface area contributed by atoms with Crippen LogP contribution in [0.5, 0.6) is 0 Å². The first-order chi connectivity index (χ1) is 8.09. The molecule has 0 aromatic rings. The number of hydrogen-bond acceptors (Lipinski definition) is 4. The van der Waals surface area contributed by atoms with E-state index >= 15 is 0 Å². The van der Waals surface area contributed by atoms with E-state index in [4.69, 9.17) is 5.73 Å². The number of nitrogens with one attached hydrogen (secondary N) is 1. The molecule has 0 aliphatic carbocycles. The quantitative estimate of drug-likeness (QED) is 0.626. The molecule has 17 heavy (non-hydrogen) atoms. The fourth-order valence-corrected chi connectivity index (χ4v) is 2.10. The predicted molar refractivity (Wildman–Crippen MR) is 58.7 cm³/mol. The van der Waals surface area contributed by atoms with Gasteiger partial charge in [-0.2, -0.15) is 5.10 Å². The van der Waals surface area contributed by atoms with Crippen molar-refractivity contribution in [2.24, 2.45) is 10.8 Å². The minimum atomic E-state index is -0.539. The Kier molecular flexibility index (Phi) is 3.08. The Hall–Kier alpha value is -1.92. The topological polar surface area (TPSA) is 105 Å². The molecule has 3 N–H and O–H groups in total. The van der Waals surface area contributed by atoms with Crippen LogP contribution in [0, 0.1) is 0 Å². The number of hydrazone groups is 1.